The van der Waals surface area contributed by atoms with E-state index in [1.54, 1.807) is 6.07 Å². The molecule has 3 aromatic rings. The smallest absolute Gasteiger partial charge is 0.409 e. The van der Waals surface area contributed by atoms with Gasteiger partial charge in [0.25, 0.3) is 0 Å². The number of carboxylic acid groups (broad SMARTS) is 1. The van der Waals surface area contributed by atoms with E-state index in [9.17, 15) is 14.7 Å². The number of rotatable bonds is 9. The first-order valence-electron chi connectivity index (χ1n) is 11.7. The zero-order chi connectivity index (χ0) is 25.6. The van der Waals surface area contributed by atoms with E-state index in [0.717, 1.165) is 26.6 Å². The number of aryl methyl sites for hydroxylation is 1. The first-order chi connectivity index (χ1) is 16.4. The second-order valence-corrected chi connectivity index (χ2v) is 16.0. The average Bonchev–Trinajstić information content (AvgIpc) is 3.23. The number of anilines is 2. The summed E-state index contributed by atoms with van der Waals surface area (Å²) in [4.78, 5) is 24.9. The Kier molecular flexibility index (Phi) is 8.53. The number of hydrogen-bond donors (Lipinski definition) is 3. The molecule has 35 heavy (non-hydrogen) atoms. The van der Waals surface area contributed by atoms with E-state index >= 15 is 0 Å². The van der Waals surface area contributed by atoms with Crippen molar-refractivity contribution >= 4 is 42.3 Å². The number of nitrogens with one attached hydrogen (secondary N) is 2. The fourth-order valence-electron chi connectivity index (χ4n) is 3.28. The van der Waals surface area contributed by atoms with Crippen LogP contribution in [0.2, 0.25) is 18.1 Å². The van der Waals surface area contributed by atoms with Crippen LogP contribution in [0.3, 0.4) is 0 Å². The molecule has 0 radical (unpaired) electrons. The molecule has 186 valence electrons. The molecule has 0 atom stereocenters. The third kappa shape index (κ3) is 7.52. The second-order valence-electron chi connectivity index (χ2n) is 10.0. The van der Waals surface area contributed by atoms with Crippen molar-refractivity contribution < 1.29 is 19.1 Å². The number of amides is 2. The molecule has 0 fully saturated rings. The summed E-state index contributed by atoms with van der Waals surface area (Å²) in [6.45, 7) is 11.7. The van der Waals surface area contributed by atoms with E-state index in [1.807, 2.05) is 54.6 Å². The topological polar surface area (TPSA) is 87.7 Å². The average molecular weight is 511 g/mol. The van der Waals surface area contributed by atoms with Crippen LogP contribution in [0.15, 0.2) is 60.7 Å². The number of thiophene rings is 1. The Hall–Kier alpha value is -2.94. The van der Waals surface area contributed by atoms with Gasteiger partial charge in [-0.25, -0.2) is 4.79 Å². The predicted octanol–water partition coefficient (Wildman–Crippen LogP) is 7.60. The van der Waals surface area contributed by atoms with Gasteiger partial charge in [-0.3, -0.25) is 10.1 Å². The molecule has 0 aliphatic heterocycles. The van der Waals surface area contributed by atoms with E-state index in [4.69, 9.17) is 4.43 Å². The highest BCUT2D eigenvalue weighted by Gasteiger charge is 2.37. The van der Waals surface area contributed by atoms with Gasteiger partial charge in [0.2, 0.25) is 5.91 Å². The molecular weight excluding hydrogens is 476 g/mol. The zero-order valence-corrected chi connectivity index (χ0v) is 22.8. The summed E-state index contributed by atoms with van der Waals surface area (Å²) in [7, 11) is -1.82. The minimum atomic E-state index is -1.82. The van der Waals surface area contributed by atoms with Crippen molar-refractivity contribution in [1.29, 1.82) is 0 Å². The van der Waals surface area contributed by atoms with Crippen LogP contribution < -0.4 is 10.6 Å². The van der Waals surface area contributed by atoms with Crippen molar-refractivity contribution in [3.8, 4) is 11.1 Å². The third-order valence-corrected chi connectivity index (χ3v) is 11.8. The molecule has 2 aromatic carbocycles. The molecular formula is C27H34N2O4SSi. The van der Waals surface area contributed by atoms with Crippen LogP contribution in [-0.4, -0.2) is 25.4 Å². The zero-order valence-electron chi connectivity index (χ0n) is 21.0. The number of benzene rings is 2. The van der Waals surface area contributed by atoms with E-state index in [-0.39, 0.29) is 10.9 Å². The Morgan fingerprint density at radius 2 is 1.71 bits per heavy atom. The fraction of sp³-hybridized carbons (Fsp3) is 0.333. The van der Waals surface area contributed by atoms with Crippen LogP contribution in [0.1, 0.15) is 37.6 Å². The van der Waals surface area contributed by atoms with Crippen molar-refractivity contribution in [3.05, 3.63) is 71.1 Å². The molecule has 1 aromatic heterocycles. The number of hydrogen-bond acceptors (Lipinski definition) is 4. The highest BCUT2D eigenvalue weighted by Crippen LogP contribution is 2.37. The van der Waals surface area contributed by atoms with Gasteiger partial charge in [0.15, 0.2) is 8.32 Å². The molecule has 0 aliphatic rings. The summed E-state index contributed by atoms with van der Waals surface area (Å²) < 4.78 is 6.27. The lowest BCUT2D eigenvalue weighted by atomic mass is 9.99. The summed E-state index contributed by atoms with van der Waals surface area (Å²) in [6.07, 6.45) is -0.324. The molecule has 0 saturated carbocycles. The van der Waals surface area contributed by atoms with Crippen molar-refractivity contribution in [2.24, 2.45) is 0 Å². The number of carbonyl (C=O) groups excluding carboxylic acids is 1. The van der Waals surface area contributed by atoms with E-state index in [2.05, 4.69) is 44.5 Å². The molecule has 0 saturated heterocycles. The Morgan fingerprint density at radius 3 is 2.37 bits per heavy atom. The SMILES string of the molecule is CC(C)(C)[Si](C)(C)OCc1ccc(NC(=O)CCc2ccc(-c3ccccc3)c(NC(=O)O)c2)s1. The van der Waals surface area contributed by atoms with Gasteiger partial charge in [-0.2, -0.15) is 0 Å². The summed E-state index contributed by atoms with van der Waals surface area (Å²) in [5, 5.41) is 15.7. The molecule has 0 unspecified atom stereocenters. The molecule has 6 nitrogen and oxygen atoms in total. The largest absolute Gasteiger partial charge is 0.465 e. The van der Waals surface area contributed by atoms with Gasteiger partial charge in [0.05, 0.1) is 17.3 Å². The third-order valence-electron chi connectivity index (χ3n) is 6.36. The van der Waals surface area contributed by atoms with Gasteiger partial charge in [0, 0.05) is 16.9 Å². The van der Waals surface area contributed by atoms with Gasteiger partial charge in [-0.1, -0.05) is 63.2 Å². The van der Waals surface area contributed by atoms with Crippen molar-refractivity contribution in [2.75, 3.05) is 10.6 Å². The Labute approximate surface area is 212 Å². The predicted molar refractivity (Wildman–Crippen MR) is 147 cm³/mol. The molecule has 0 aliphatic carbocycles. The molecule has 3 rings (SSSR count). The van der Waals surface area contributed by atoms with Crippen molar-refractivity contribution in [1.82, 2.24) is 0 Å². The second kappa shape index (κ2) is 11.2. The van der Waals surface area contributed by atoms with Gasteiger partial charge < -0.3 is 14.8 Å². The van der Waals surface area contributed by atoms with Crippen molar-refractivity contribution in [3.63, 3.8) is 0 Å². The van der Waals surface area contributed by atoms with Crippen LogP contribution in [0, 0.1) is 0 Å². The highest BCUT2D eigenvalue weighted by molar-refractivity contribution is 7.16. The van der Waals surface area contributed by atoms with Crippen molar-refractivity contribution in [2.45, 2.75) is 58.4 Å². The maximum Gasteiger partial charge on any atom is 0.409 e. The van der Waals surface area contributed by atoms with E-state index < -0.39 is 14.4 Å². The summed E-state index contributed by atoms with van der Waals surface area (Å²) >= 11 is 1.53. The van der Waals surface area contributed by atoms with Crippen LogP contribution in [0.4, 0.5) is 15.5 Å². The first-order valence-corrected chi connectivity index (χ1v) is 15.4. The first kappa shape index (κ1) is 26.7. The maximum atomic E-state index is 12.6. The van der Waals surface area contributed by atoms with Crippen LogP contribution in [-0.2, 0) is 22.2 Å². The monoisotopic (exact) mass is 510 g/mol. The highest BCUT2D eigenvalue weighted by atomic mass is 32.1. The summed E-state index contributed by atoms with van der Waals surface area (Å²) in [5.41, 5.74) is 3.11. The Bertz CT molecular complexity index is 1170. The molecule has 0 spiro atoms. The lowest BCUT2D eigenvalue weighted by Crippen LogP contribution is -2.40. The van der Waals surface area contributed by atoms with E-state index in [0.29, 0.717) is 25.1 Å². The molecule has 0 bridgehead atoms. The maximum absolute atomic E-state index is 12.6. The lowest BCUT2D eigenvalue weighted by molar-refractivity contribution is -0.116. The lowest BCUT2D eigenvalue weighted by Gasteiger charge is -2.36. The fourth-order valence-corrected chi connectivity index (χ4v) is 5.17. The van der Waals surface area contributed by atoms with Gasteiger partial charge in [-0.15, -0.1) is 11.3 Å². The molecule has 1 heterocycles. The standard InChI is InChI=1S/C27H34N2O4SSi/c1-27(2,3)35(4,5)33-18-21-13-16-25(34-21)29-24(30)15-12-19-11-14-22(20-9-7-6-8-10-20)23(17-19)28-26(31)32/h6-11,13-14,16-17,28H,12,15,18H2,1-5H3,(H,29,30)(H,31,32). The Balaban J connectivity index is 1.58. The van der Waals surface area contributed by atoms with E-state index in [1.165, 1.54) is 11.3 Å². The molecule has 3 N–H and O–H groups in total. The quantitative estimate of drug-likeness (QED) is 0.259. The van der Waals surface area contributed by atoms with Crippen LogP contribution in [0.5, 0.6) is 0 Å². The van der Waals surface area contributed by atoms with Gasteiger partial charge >= 0.3 is 6.09 Å². The van der Waals surface area contributed by atoms with Gasteiger partial charge in [-0.05, 0) is 53.9 Å². The molecule has 2 amide bonds. The number of carbonyl (C=O) groups is 2. The van der Waals surface area contributed by atoms with Gasteiger partial charge in [0.1, 0.15) is 0 Å². The minimum absolute atomic E-state index is 0.0800. The summed E-state index contributed by atoms with van der Waals surface area (Å²) in [6, 6.07) is 19.1. The van der Waals surface area contributed by atoms with Crippen LogP contribution >= 0.6 is 11.3 Å². The summed E-state index contributed by atoms with van der Waals surface area (Å²) in [5.74, 6) is -0.0800. The Morgan fingerprint density at radius 1 is 1.00 bits per heavy atom. The van der Waals surface area contributed by atoms with Crippen LogP contribution in [0.25, 0.3) is 11.1 Å². The normalized spacial score (nSPS) is 11.8. The molecule has 8 heteroatoms. The minimum Gasteiger partial charge on any atom is -0.465 e.